The van der Waals surface area contributed by atoms with E-state index < -0.39 is 48.4 Å². The van der Waals surface area contributed by atoms with Gasteiger partial charge in [-0.2, -0.15) is 0 Å². The summed E-state index contributed by atoms with van der Waals surface area (Å²) in [6.45, 7) is 8.14. The molecule has 0 bridgehead atoms. The van der Waals surface area contributed by atoms with Gasteiger partial charge in [-0.25, -0.2) is 0 Å². The zero-order chi connectivity index (χ0) is 19.7. The zero-order valence-electron chi connectivity index (χ0n) is 15.5. The first-order valence-corrected chi connectivity index (χ1v) is 8.37. The predicted octanol–water partition coefficient (Wildman–Crippen LogP) is -0.794. The molecule has 3 amide bonds. The number of carbonyl (C=O) groups excluding carboxylic acids is 3. The number of carboxylic acids is 1. The molecular formula is C16H30N4O5. The summed E-state index contributed by atoms with van der Waals surface area (Å²) in [6, 6.07) is -2.51. The minimum Gasteiger partial charge on any atom is -0.480 e. The lowest BCUT2D eigenvalue weighted by Gasteiger charge is -2.25. The molecule has 0 saturated heterocycles. The van der Waals surface area contributed by atoms with E-state index in [1.807, 2.05) is 13.8 Å². The molecule has 0 aromatic carbocycles. The van der Waals surface area contributed by atoms with E-state index in [-0.39, 0.29) is 11.8 Å². The molecule has 0 radical (unpaired) electrons. The normalized spacial score (nSPS) is 15.6. The quantitative estimate of drug-likeness (QED) is 0.345. The highest BCUT2D eigenvalue weighted by atomic mass is 16.4. The van der Waals surface area contributed by atoms with Crippen molar-refractivity contribution in [1.29, 1.82) is 0 Å². The molecule has 25 heavy (non-hydrogen) atoms. The minimum absolute atomic E-state index is 0.0273. The van der Waals surface area contributed by atoms with Gasteiger partial charge in [0.25, 0.3) is 0 Å². The van der Waals surface area contributed by atoms with Gasteiger partial charge in [-0.05, 0) is 18.8 Å². The molecule has 0 aliphatic carbocycles. The Hall–Kier alpha value is -2.16. The number of carboxylic acid groups (broad SMARTS) is 1. The van der Waals surface area contributed by atoms with E-state index in [1.165, 1.54) is 6.92 Å². The molecule has 0 heterocycles. The van der Waals surface area contributed by atoms with E-state index in [9.17, 15) is 19.2 Å². The fourth-order valence-corrected chi connectivity index (χ4v) is 1.97. The maximum Gasteiger partial charge on any atom is 0.322 e. The molecule has 9 heteroatoms. The molecule has 0 fully saturated rings. The van der Waals surface area contributed by atoms with Crippen molar-refractivity contribution in [1.82, 2.24) is 16.0 Å². The molecular weight excluding hydrogens is 328 g/mol. The Labute approximate surface area is 148 Å². The standard InChI is InChI=1S/C16H30N4O5/c1-6-9(4)12(17)15(24)19-10(5)14(23)20-13(8(2)3)16(25)18-7-11(21)22/h8-10,12-13H,6-7,17H2,1-5H3,(H,18,25)(H,19,24)(H,20,23)(H,21,22)/t9-,10-,12-,13-/m0/s1. The van der Waals surface area contributed by atoms with Crippen LogP contribution in [0.4, 0.5) is 0 Å². The molecule has 0 aromatic heterocycles. The van der Waals surface area contributed by atoms with Crippen LogP contribution in [0.3, 0.4) is 0 Å². The van der Waals surface area contributed by atoms with Crippen molar-refractivity contribution in [2.24, 2.45) is 17.6 Å². The Balaban J connectivity index is 4.76. The van der Waals surface area contributed by atoms with E-state index >= 15 is 0 Å². The van der Waals surface area contributed by atoms with Crippen molar-refractivity contribution in [3.63, 3.8) is 0 Å². The minimum atomic E-state index is -1.18. The van der Waals surface area contributed by atoms with Crippen molar-refractivity contribution < 1.29 is 24.3 Å². The Morgan fingerprint density at radius 1 is 0.960 bits per heavy atom. The second-order valence-electron chi connectivity index (χ2n) is 6.48. The lowest BCUT2D eigenvalue weighted by molar-refractivity contribution is -0.139. The number of carbonyl (C=O) groups is 4. The van der Waals surface area contributed by atoms with Crippen molar-refractivity contribution in [2.45, 2.75) is 59.2 Å². The summed E-state index contributed by atoms with van der Waals surface area (Å²) in [6.07, 6.45) is 0.730. The monoisotopic (exact) mass is 358 g/mol. The third-order valence-corrected chi connectivity index (χ3v) is 3.97. The molecule has 0 unspecified atom stereocenters. The molecule has 9 nitrogen and oxygen atoms in total. The van der Waals surface area contributed by atoms with E-state index in [2.05, 4.69) is 16.0 Å². The summed E-state index contributed by atoms with van der Waals surface area (Å²) >= 11 is 0. The molecule has 0 rings (SSSR count). The van der Waals surface area contributed by atoms with Crippen LogP contribution in [0.5, 0.6) is 0 Å². The summed E-state index contributed by atoms with van der Waals surface area (Å²) in [4.78, 5) is 46.8. The van der Waals surface area contributed by atoms with Crippen molar-refractivity contribution in [2.75, 3.05) is 6.54 Å². The summed E-state index contributed by atoms with van der Waals surface area (Å²) in [5.41, 5.74) is 5.82. The van der Waals surface area contributed by atoms with Crippen molar-refractivity contribution in [3.05, 3.63) is 0 Å². The highest BCUT2D eigenvalue weighted by Gasteiger charge is 2.28. The maximum atomic E-state index is 12.2. The average molecular weight is 358 g/mol. The van der Waals surface area contributed by atoms with Crippen LogP contribution >= 0.6 is 0 Å². The number of amides is 3. The first-order chi connectivity index (χ1) is 11.5. The number of hydrogen-bond acceptors (Lipinski definition) is 5. The number of nitrogens with two attached hydrogens (primary N) is 1. The Kier molecular flexibility index (Phi) is 9.73. The van der Waals surface area contributed by atoms with E-state index in [0.29, 0.717) is 0 Å². The second kappa shape index (κ2) is 10.7. The molecule has 0 saturated carbocycles. The van der Waals surface area contributed by atoms with Crippen molar-refractivity contribution >= 4 is 23.7 Å². The highest BCUT2D eigenvalue weighted by Crippen LogP contribution is 2.06. The van der Waals surface area contributed by atoms with Crippen LogP contribution in [-0.4, -0.2) is 53.5 Å². The Morgan fingerprint density at radius 3 is 1.96 bits per heavy atom. The number of rotatable bonds is 10. The molecule has 6 N–H and O–H groups in total. The number of hydrogen-bond donors (Lipinski definition) is 5. The van der Waals surface area contributed by atoms with Crippen LogP contribution in [-0.2, 0) is 19.2 Å². The van der Waals surface area contributed by atoms with Gasteiger partial charge >= 0.3 is 5.97 Å². The van der Waals surface area contributed by atoms with Gasteiger partial charge in [-0.1, -0.05) is 34.1 Å². The topological polar surface area (TPSA) is 151 Å². The van der Waals surface area contributed by atoms with Crippen LogP contribution in [0.2, 0.25) is 0 Å². The highest BCUT2D eigenvalue weighted by molar-refractivity contribution is 5.93. The predicted molar refractivity (Wildman–Crippen MR) is 92.4 cm³/mol. The lowest BCUT2D eigenvalue weighted by atomic mass is 9.99. The third-order valence-electron chi connectivity index (χ3n) is 3.97. The smallest absolute Gasteiger partial charge is 0.322 e. The first kappa shape index (κ1) is 22.8. The van der Waals surface area contributed by atoms with Gasteiger partial charge in [0.2, 0.25) is 17.7 Å². The zero-order valence-corrected chi connectivity index (χ0v) is 15.5. The first-order valence-electron chi connectivity index (χ1n) is 8.37. The van der Waals surface area contributed by atoms with Crippen molar-refractivity contribution in [3.8, 4) is 0 Å². The molecule has 144 valence electrons. The van der Waals surface area contributed by atoms with Gasteiger partial charge in [0.05, 0.1) is 6.04 Å². The Morgan fingerprint density at radius 2 is 1.52 bits per heavy atom. The van der Waals surface area contributed by atoms with Crippen LogP contribution in [0.15, 0.2) is 0 Å². The number of aliphatic carboxylic acids is 1. The summed E-state index contributed by atoms with van der Waals surface area (Å²) in [5, 5.41) is 15.9. The Bertz CT molecular complexity index is 495. The maximum absolute atomic E-state index is 12.2. The lowest BCUT2D eigenvalue weighted by Crippen LogP contribution is -2.57. The van der Waals surface area contributed by atoms with Gasteiger partial charge in [0, 0.05) is 0 Å². The largest absolute Gasteiger partial charge is 0.480 e. The van der Waals surface area contributed by atoms with Crippen LogP contribution in [0.1, 0.15) is 41.0 Å². The van der Waals surface area contributed by atoms with Crippen LogP contribution < -0.4 is 21.7 Å². The molecule has 0 spiro atoms. The van der Waals surface area contributed by atoms with E-state index in [0.717, 1.165) is 6.42 Å². The molecule has 4 atom stereocenters. The van der Waals surface area contributed by atoms with Gasteiger partial charge in [-0.3, -0.25) is 19.2 Å². The van der Waals surface area contributed by atoms with Gasteiger partial charge in [0.15, 0.2) is 0 Å². The average Bonchev–Trinajstić information content (AvgIpc) is 2.54. The van der Waals surface area contributed by atoms with Gasteiger partial charge < -0.3 is 26.8 Å². The fraction of sp³-hybridized carbons (Fsp3) is 0.750. The SMILES string of the molecule is CC[C@H](C)[C@H](N)C(=O)N[C@@H](C)C(=O)N[C@H](C(=O)NCC(=O)O)C(C)C. The molecule has 0 aliphatic rings. The van der Waals surface area contributed by atoms with Crippen LogP contribution in [0.25, 0.3) is 0 Å². The number of nitrogens with one attached hydrogen (secondary N) is 3. The fourth-order valence-electron chi connectivity index (χ4n) is 1.97. The second-order valence-corrected chi connectivity index (χ2v) is 6.48. The van der Waals surface area contributed by atoms with Gasteiger partial charge in [0.1, 0.15) is 18.6 Å². The molecule has 0 aliphatic heterocycles. The van der Waals surface area contributed by atoms with Gasteiger partial charge in [-0.15, -0.1) is 0 Å². The van der Waals surface area contributed by atoms with Crippen LogP contribution in [0, 0.1) is 11.8 Å². The summed E-state index contributed by atoms with van der Waals surface area (Å²) in [7, 11) is 0. The summed E-state index contributed by atoms with van der Waals surface area (Å²) in [5.74, 6) is -3.05. The third kappa shape index (κ3) is 7.97. The van der Waals surface area contributed by atoms with E-state index in [1.54, 1.807) is 13.8 Å². The van der Waals surface area contributed by atoms with E-state index in [4.69, 9.17) is 10.8 Å². The summed E-state index contributed by atoms with van der Waals surface area (Å²) < 4.78 is 0. The molecule has 0 aromatic rings.